The molecule has 2 rings (SSSR count). The van der Waals surface area contributed by atoms with Gasteiger partial charge >= 0.3 is 0 Å². The van der Waals surface area contributed by atoms with Crippen molar-refractivity contribution in [3.8, 4) is 0 Å². The van der Waals surface area contributed by atoms with Crippen molar-refractivity contribution in [2.45, 2.75) is 0 Å². The van der Waals surface area contributed by atoms with E-state index in [0.29, 0.717) is 10.7 Å². The summed E-state index contributed by atoms with van der Waals surface area (Å²) in [5.74, 6) is 0. The Morgan fingerprint density at radius 2 is 1.95 bits per heavy atom. The van der Waals surface area contributed by atoms with Crippen LogP contribution in [-0.2, 0) is 7.05 Å². The summed E-state index contributed by atoms with van der Waals surface area (Å²) in [5.41, 5.74) is 0.965. The molecule has 1 aromatic heterocycles. The maximum Gasteiger partial charge on any atom is 0.287 e. The molecule has 0 atom stereocenters. The normalized spacial score (nSPS) is 11.0. The Labute approximate surface area is 126 Å². The van der Waals surface area contributed by atoms with E-state index in [4.69, 9.17) is 23.2 Å². The molecule has 0 bridgehead atoms. The lowest BCUT2D eigenvalue weighted by Crippen LogP contribution is -2.23. The molecule has 1 heterocycles. The van der Waals surface area contributed by atoms with Gasteiger partial charge in [0.25, 0.3) is 5.56 Å². The molecule has 1 aromatic carbocycles. The zero-order chi connectivity index (χ0) is 14.7. The Morgan fingerprint density at radius 3 is 2.60 bits per heavy atom. The van der Waals surface area contributed by atoms with Crippen LogP contribution in [0.4, 0.5) is 5.69 Å². The van der Waals surface area contributed by atoms with Crippen molar-refractivity contribution < 1.29 is 0 Å². The highest BCUT2D eigenvalue weighted by atomic mass is 35.5. The van der Waals surface area contributed by atoms with Gasteiger partial charge in [-0.05, 0) is 17.7 Å². The molecule has 0 fully saturated rings. The Balaban J connectivity index is 2.24. The van der Waals surface area contributed by atoms with Crippen LogP contribution in [0.5, 0.6) is 0 Å². The van der Waals surface area contributed by atoms with Crippen LogP contribution in [0.25, 0.3) is 0 Å². The molecule has 0 N–H and O–H groups in total. The summed E-state index contributed by atoms with van der Waals surface area (Å²) >= 11 is 11.8. The topological polar surface area (TPSA) is 50.5 Å². The van der Waals surface area contributed by atoms with Gasteiger partial charge in [0.15, 0.2) is 0 Å². The molecule has 0 amide bonds. The van der Waals surface area contributed by atoms with Gasteiger partial charge in [-0.2, -0.15) is 10.2 Å². The van der Waals surface area contributed by atoms with Gasteiger partial charge in [0.1, 0.15) is 10.7 Å². The molecule has 0 aliphatic heterocycles. The summed E-state index contributed by atoms with van der Waals surface area (Å²) in [6, 6.07) is 7.22. The predicted octanol–water partition coefficient (Wildman–Crippen LogP) is 2.56. The second-order valence-corrected chi connectivity index (χ2v) is 4.91. The number of aromatic nitrogens is 2. The molecule has 0 aliphatic rings. The first-order valence-corrected chi connectivity index (χ1v) is 6.49. The van der Waals surface area contributed by atoms with E-state index >= 15 is 0 Å². The molecule has 2 aromatic rings. The van der Waals surface area contributed by atoms with Crippen LogP contribution in [0, 0.1) is 0 Å². The summed E-state index contributed by atoms with van der Waals surface area (Å²) in [7, 11) is 3.23. The van der Waals surface area contributed by atoms with E-state index in [-0.39, 0.29) is 10.6 Å². The molecule has 104 valence electrons. The molecule has 5 nitrogen and oxygen atoms in total. The molecular weight excluding hydrogens is 299 g/mol. The van der Waals surface area contributed by atoms with Crippen molar-refractivity contribution in [3.63, 3.8) is 0 Å². The average molecular weight is 311 g/mol. The molecule has 0 unspecified atom stereocenters. The van der Waals surface area contributed by atoms with Crippen molar-refractivity contribution >= 4 is 35.1 Å². The van der Waals surface area contributed by atoms with E-state index in [2.05, 4.69) is 10.2 Å². The van der Waals surface area contributed by atoms with Crippen molar-refractivity contribution in [1.29, 1.82) is 0 Å². The smallest absolute Gasteiger partial charge is 0.266 e. The summed E-state index contributed by atoms with van der Waals surface area (Å²) in [5, 5.41) is 10.4. The highest BCUT2D eigenvalue weighted by Gasteiger charge is 2.10. The van der Waals surface area contributed by atoms with E-state index in [1.165, 1.54) is 22.9 Å². The molecular formula is C13H12Cl2N4O. The minimum atomic E-state index is -0.363. The number of aryl methyl sites for hydroxylation is 1. The van der Waals surface area contributed by atoms with Crippen molar-refractivity contribution in [2.75, 3.05) is 12.1 Å². The monoisotopic (exact) mass is 310 g/mol. The molecule has 0 radical (unpaired) electrons. The summed E-state index contributed by atoms with van der Waals surface area (Å²) in [6.07, 6.45) is 3.13. The predicted molar refractivity (Wildman–Crippen MR) is 81.9 cm³/mol. The van der Waals surface area contributed by atoms with Crippen LogP contribution in [0.15, 0.2) is 40.4 Å². The quantitative estimate of drug-likeness (QED) is 0.646. The van der Waals surface area contributed by atoms with Gasteiger partial charge in [-0.15, -0.1) is 0 Å². The maximum atomic E-state index is 11.7. The number of benzene rings is 1. The van der Waals surface area contributed by atoms with Gasteiger partial charge in [-0.1, -0.05) is 35.3 Å². The van der Waals surface area contributed by atoms with Crippen LogP contribution in [0.2, 0.25) is 10.0 Å². The second-order valence-electron chi connectivity index (χ2n) is 4.09. The van der Waals surface area contributed by atoms with E-state index < -0.39 is 0 Å². The van der Waals surface area contributed by atoms with E-state index in [0.717, 1.165) is 5.56 Å². The number of hydrogen-bond donors (Lipinski definition) is 0. The first-order valence-electron chi connectivity index (χ1n) is 5.74. The fourth-order valence-electron chi connectivity index (χ4n) is 1.49. The van der Waals surface area contributed by atoms with Crippen molar-refractivity contribution in [3.05, 3.63) is 56.4 Å². The van der Waals surface area contributed by atoms with Gasteiger partial charge < -0.3 is 0 Å². The Bertz CT molecular complexity index is 695. The Morgan fingerprint density at radius 1 is 1.30 bits per heavy atom. The number of rotatable bonds is 3. The molecule has 0 spiro atoms. The lowest BCUT2D eigenvalue weighted by molar-refractivity contribution is 0.705. The number of hydrogen-bond acceptors (Lipinski definition) is 4. The zero-order valence-electron chi connectivity index (χ0n) is 10.9. The number of halogens is 2. The molecule has 0 aliphatic carbocycles. The number of hydrazone groups is 1. The van der Waals surface area contributed by atoms with Gasteiger partial charge in [0.2, 0.25) is 0 Å². The fourth-order valence-corrected chi connectivity index (χ4v) is 1.91. The minimum absolute atomic E-state index is 0.0817. The van der Waals surface area contributed by atoms with E-state index in [1.807, 2.05) is 12.1 Å². The lowest BCUT2D eigenvalue weighted by atomic mass is 10.2. The standard InChI is InChI=1S/C13H12Cl2N4O/c1-18(11-8-17-19(2)13(20)12(11)15)16-7-9-3-5-10(14)6-4-9/h3-8H,1-2H3/b16-7+. The molecule has 0 saturated heterocycles. The summed E-state index contributed by atoms with van der Waals surface area (Å²) < 4.78 is 1.17. The van der Waals surface area contributed by atoms with Gasteiger partial charge in [0.05, 0.1) is 12.4 Å². The fraction of sp³-hybridized carbons (Fsp3) is 0.154. The largest absolute Gasteiger partial charge is 0.287 e. The van der Waals surface area contributed by atoms with E-state index in [1.54, 1.807) is 25.4 Å². The third-order valence-corrected chi connectivity index (χ3v) is 3.27. The molecule has 20 heavy (non-hydrogen) atoms. The van der Waals surface area contributed by atoms with Crippen molar-refractivity contribution in [2.24, 2.45) is 12.1 Å². The molecule has 7 heteroatoms. The van der Waals surface area contributed by atoms with Crippen LogP contribution < -0.4 is 10.6 Å². The third kappa shape index (κ3) is 3.18. The highest BCUT2D eigenvalue weighted by Crippen LogP contribution is 2.19. The second kappa shape index (κ2) is 6.07. The highest BCUT2D eigenvalue weighted by molar-refractivity contribution is 6.33. The lowest BCUT2D eigenvalue weighted by Gasteiger charge is -2.13. The first kappa shape index (κ1) is 14.6. The van der Waals surface area contributed by atoms with Crippen LogP contribution in [-0.4, -0.2) is 23.0 Å². The minimum Gasteiger partial charge on any atom is -0.266 e. The van der Waals surface area contributed by atoms with Gasteiger partial charge in [-0.3, -0.25) is 9.80 Å². The summed E-state index contributed by atoms with van der Waals surface area (Å²) in [6.45, 7) is 0. The van der Waals surface area contributed by atoms with Crippen molar-refractivity contribution in [1.82, 2.24) is 9.78 Å². The van der Waals surface area contributed by atoms with Crippen LogP contribution in [0.3, 0.4) is 0 Å². The first-order chi connectivity index (χ1) is 9.49. The zero-order valence-corrected chi connectivity index (χ0v) is 12.4. The molecule has 0 saturated carbocycles. The third-order valence-electron chi connectivity index (χ3n) is 2.66. The summed E-state index contributed by atoms with van der Waals surface area (Å²) in [4.78, 5) is 11.7. The average Bonchev–Trinajstić information content (AvgIpc) is 2.44. The van der Waals surface area contributed by atoms with Gasteiger partial charge in [0, 0.05) is 19.1 Å². The number of anilines is 1. The Kier molecular flexibility index (Phi) is 4.42. The maximum absolute atomic E-state index is 11.7. The Hall–Kier alpha value is -1.85. The van der Waals surface area contributed by atoms with E-state index in [9.17, 15) is 4.79 Å². The van der Waals surface area contributed by atoms with Gasteiger partial charge in [-0.25, -0.2) is 4.68 Å². The SMILES string of the molecule is CN(/N=C/c1ccc(Cl)cc1)c1cnn(C)c(=O)c1Cl. The van der Waals surface area contributed by atoms with Crippen LogP contribution >= 0.6 is 23.2 Å². The van der Waals surface area contributed by atoms with Crippen LogP contribution in [0.1, 0.15) is 5.56 Å². The number of nitrogens with zero attached hydrogens (tertiary/aromatic N) is 4.